The number of fused-ring (bicyclic) bond motifs is 1. The van der Waals surface area contributed by atoms with Crippen LogP contribution in [0.3, 0.4) is 0 Å². The Morgan fingerprint density at radius 1 is 1.37 bits per heavy atom. The molecule has 1 aromatic carbocycles. The average molecular weight is 478 g/mol. The minimum Gasteiger partial charge on any atom is -0.361 e. The van der Waals surface area contributed by atoms with Crippen molar-refractivity contribution in [2.75, 3.05) is 26.7 Å². The Bertz CT molecular complexity index is 912. The van der Waals surface area contributed by atoms with E-state index in [9.17, 15) is 0 Å². The summed E-state index contributed by atoms with van der Waals surface area (Å²) in [4.78, 5) is 10.2. The maximum Gasteiger partial charge on any atom is 0.193 e. The highest BCUT2D eigenvalue weighted by atomic mass is 127. The van der Waals surface area contributed by atoms with Crippen LogP contribution in [0.4, 0.5) is 0 Å². The lowest BCUT2D eigenvalue weighted by atomic mass is 10.0. The molecule has 0 aliphatic carbocycles. The van der Waals surface area contributed by atoms with Crippen LogP contribution in [0.5, 0.6) is 0 Å². The molecule has 1 aliphatic heterocycles. The third kappa shape index (κ3) is 4.28. The number of aromatic amines is 1. The first-order chi connectivity index (χ1) is 12.7. The number of hydrogen-bond acceptors (Lipinski definition) is 2. The summed E-state index contributed by atoms with van der Waals surface area (Å²) in [7, 11) is 3.84. The molecule has 0 bridgehead atoms. The Balaban J connectivity index is 0.00000210. The molecule has 1 unspecified atom stereocenters. The number of nitrogens with one attached hydrogen (secondary N) is 2. The number of rotatable bonds is 4. The zero-order chi connectivity index (χ0) is 17.9. The first kappa shape index (κ1) is 19.7. The second kappa shape index (κ2) is 8.77. The average Bonchev–Trinajstić information content (AvgIpc) is 3.38. The molecule has 1 aliphatic rings. The van der Waals surface area contributed by atoms with E-state index in [1.807, 2.05) is 25.0 Å². The van der Waals surface area contributed by atoms with Gasteiger partial charge in [0.05, 0.1) is 6.20 Å². The number of likely N-dealkylation sites (tertiary alicyclic amines) is 1. The van der Waals surface area contributed by atoms with Crippen molar-refractivity contribution in [3.63, 3.8) is 0 Å². The molecule has 0 radical (unpaired) electrons. The molecular formula is C20H27IN6. The lowest BCUT2D eigenvalue weighted by molar-refractivity contribution is 0.486. The van der Waals surface area contributed by atoms with E-state index in [4.69, 9.17) is 0 Å². The van der Waals surface area contributed by atoms with Crippen molar-refractivity contribution in [1.82, 2.24) is 25.0 Å². The minimum absolute atomic E-state index is 0. The number of benzene rings is 1. The Labute approximate surface area is 177 Å². The molecule has 2 N–H and O–H groups in total. The molecule has 7 heteroatoms. The van der Waals surface area contributed by atoms with E-state index in [-0.39, 0.29) is 24.0 Å². The fourth-order valence-corrected chi connectivity index (χ4v) is 3.86. The number of nitrogens with zero attached hydrogens (tertiary/aromatic N) is 4. The highest BCUT2D eigenvalue weighted by molar-refractivity contribution is 14.0. The maximum atomic E-state index is 4.49. The second-order valence-corrected chi connectivity index (χ2v) is 6.96. The van der Waals surface area contributed by atoms with Gasteiger partial charge >= 0.3 is 0 Å². The molecule has 1 saturated heterocycles. The Hall–Kier alpha value is -2.03. The number of guanidine groups is 1. The van der Waals surface area contributed by atoms with Crippen molar-refractivity contribution >= 4 is 40.8 Å². The van der Waals surface area contributed by atoms with Gasteiger partial charge in [0.15, 0.2) is 5.96 Å². The number of H-pyrrole nitrogens is 1. The van der Waals surface area contributed by atoms with E-state index in [1.165, 1.54) is 22.0 Å². The monoisotopic (exact) mass is 478 g/mol. The minimum atomic E-state index is 0. The summed E-state index contributed by atoms with van der Waals surface area (Å²) in [5.74, 6) is 1.53. The van der Waals surface area contributed by atoms with Crippen LogP contribution in [0.2, 0.25) is 0 Å². The van der Waals surface area contributed by atoms with Gasteiger partial charge in [-0.3, -0.25) is 9.67 Å². The van der Waals surface area contributed by atoms with Gasteiger partial charge in [-0.2, -0.15) is 5.10 Å². The van der Waals surface area contributed by atoms with Crippen LogP contribution in [0.15, 0.2) is 47.8 Å². The summed E-state index contributed by atoms with van der Waals surface area (Å²) in [6, 6.07) is 8.45. The predicted molar refractivity (Wildman–Crippen MR) is 121 cm³/mol. The molecule has 1 atom stereocenters. The molecule has 2 aromatic heterocycles. The highest BCUT2D eigenvalue weighted by Gasteiger charge is 2.26. The number of halogens is 1. The van der Waals surface area contributed by atoms with Crippen LogP contribution < -0.4 is 5.32 Å². The standard InChI is InChI=1S/C20H26N6.HI/c1-21-20(26-10-8-16(14-26)17-12-24-25(2)13-17)22-9-7-15-11-23-19-6-4-3-5-18(15)19;/h3-6,11-13,16,23H,7-10,14H2,1-2H3,(H,21,22);1H. The lowest BCUT2D eigenvalue weighted by Crippen LogP contribution is -2.40. The molecule has 0 spiro atoms. The van der Waals surface area contributed by atoms with Crippen LogP contribution in [0, 0.1) is 0 Å². The van der Waals surface area contributed by atoms with Crippen LogP contribution in [-0.4, -0.2) is 52.3 Å². The molecule has 3 aromatic rings. The quantitative estimate of drug-likeness (QED) is 0.344. The van der Waals surface area contributed by atoms with Gasteiger partial charge in [-0.15, -0.1) is 24.0 Å². The smallest absolute Gasteiger partial charge is 0.193 e. The molecule has 0 saturated carbocycles. The number of aryl methyl sites for hydroxylation is 1. The highest BCUT2D eigenvalue weighted by Crippen LogP contribution is 2.26. The summed E-state index contributed by atoms with van der Waals surface area (Å²) in [5, 5.41) is 9.14. The molecule has 27 heavy (non-hydrogen) atoms. The van der Waals surface area contributed by atoms with Gasteiger partial charge < -0.3 is 15.2 Å². The van der Waals surface area contributed by atoms with Crippen molar-refractivity contribution in [1.29, 1.82) is 0 Å². The maximum absolute atomic E-state index is 4.49. The molecule has 3 heterocycles. The molecule has 0 amide bonds. The first-order valence-electron chi connectivity index (χ1n) is 9.23. The van der Waals surface area contributed by atoms with E-state index in [1.54, 1.807) is 0 Å². The van der Waals surface area contributed by atoms with E-state index < -0.39 is 0 Å². The van der Waals surface area contributed by atoms with E-state index in [0.29, 0.717) is 5.92 Å². The Morgan fingerprint density at radius 3 is 3.00 bits per heavy atom. The summed E-state index contributed by atoms with van der Waals surface area (Å²) in [6.07, 6.45) is 8.35. The van der Waals surface area contributed by atoms with Gasteiger partial charge in [0.1, 0.15) is 0 Å². The Morgan fingerprint density at radius 2 is 2.22 bits per heavy atom. The second-order valence-electron chi connectivity index (χ2n) is 6.96. The van der Waals surface area contributed by atoms with Crippen molar-refractivity contribution in [3.05, 3.63) is 54.0 Å². The molecular weight excluding hydrogens is 451 g/mol. The van der Waals surface area contributed by atoms with Crippen molar-refractivity contribution in [2.24, 2.45) is 12.0 Å². The van der Waals surface area contributed by atoms with E-state index >= 15 is 0 Å². The van der Waals surface area contributed by atoms with Crippen LogP contribution in [0.1, 0.15) is 23.5 Å². The van der Waals surface area contributed by atoms with Crippen molar-refractivity contribution in [2.45, 2.75) is 18.8 Å². The van der Waals surface area contributed by atoms with Crippen LogP contribution in [0.25, 0.3) is 10.9 Å². The third-order valence-electron chi connectivity index (χ3n) is 5.25. The van der Waals surface area contributed by atoms with E-state index in [2.05, 4.69) is 62.0 Å². The number of aromatic nitrogens is 3. The molecule has 1 fully saturated rings. The fourth-order valence-electron chi connectivity index (χ4n) is 3.86. The molecule has 144 valence electrons. The lowest BCUT2D eigenvalue weighted by Gasteiger charge is -2.21. The summed E-state index contributed by atoms with van der Waals surface area (Å²) in [6.45, 7) is 2.91. The largest absolute Gasteiger partial charge is 0.361 e. The van der Waals surface area contributed by atoms with Crippen LogP contribution in [-0.2, 0) is 13.5 Å². The van der Waals surface area contributed by atoms with Gasteiger partial charge in [0.2, 0.25) is 0 Å². The zero-order valence-corrected chi connectivity index (χ0v) is 18.2. The topological polar surface area (TPSA) is 61.2 Å². The van der Waals surface area contributed by atoms with Gasteiger partial charge in [0, 0.05) is 62.9 Å². The summed E-state index contributed by atoms with van der Waals surface area (Å²) in [5.41, 5.74) is 3.87. The van der Waals surface area contributed by atoms with Gasteiger partial charge in [-0.1, -0.05) is 18.2 Å². The molecule has 6 nitrogen and oxygen atoms in total. The van der Waals surface area contributed by atoms with Gasteiger partial charge in [-0.05, 0) is 30.0 Å². The van der Waals surface area contributed by atoms with Gasteiger partial charge in [0.25, 0.3) is 0 Å². The number of hydrogen-bond donors (Lipinski definition) is 2. The van der Waals surface area contributed by atoms with Crippen molar-refractivity contribution < 1.29 is 0 Å². The van der Waals surface area contributed by atoms with Gasteiger partial charge in [-0.25, -0.2) is 0 Å². The number of aliphatic imine (C=N–C) groups is 1. The van der Waals surface area contributed by atoms with Crippen LogP contribution >= 0.6 is 24.0 Å². The summed E-state index contributed by atoms with van der Waals surface area (Å²) >= 11 is 0. The SMILES string of the molecule is CN=C(NCCc1c[nH]c2ccccc12)N1CCC(c2cnn(C)c2)C1.I. The normalized spacial score (nSPS) is 17.3. The first-order valence-corrected chi connectivity index (χ1v) is 9.23. The fraction of sp³-hybridized carbons (Fsp3) is 0.400. The summed E-state index contributed by atoms with van der Waals surface area (Å²) < 4.78 is 1.88. The predicted octanol–water partition coefficient (Wildman–Crippen LogP) is 3.13. The molecule has 4 rings (SSSR count). The van der Waals surface area contributed by atoms with Crippen molar-refractivity contribution in [3.8, 4) is 0 Å². The third-order valence-corrected chi connectivity index (χ3v) is 5.25. The Kier molecular flexibility index (Phi) is 6.41. The zero-order valence-electron chi connectivity index (χ0n) is 15.9. The number of para-hydroxylation sites is 1. The van der Waals surface area contributed by atoms with E-state index in [0.717, 1.165) is 38.4 Å².